The van der Waals surface area contributed by atoms with Gasteiger partial charge >= 0.3 is 0 Å². The highest BCUT2D eigenvalue weighted by molar-refractivity contribution is 5.59. The molecule has 1 aliphatic heterocycles. The van der Waals surface area contributed by atoms with Crippen LogP contribution < -0.4 is 0 Å². The van der Waals surface area contributed by atoms with Gasteiger partial charge in [-0.25, -0.2) is 13.8 Å². The van der Waals surface area contributed by atoms with Crippen molar-refractivity contribution in [2.24, 2.45) is 0 Å². The smallest absolute Gasteiger partial charge is 0.278 e. The molecule has 0 N–H and O–H groups in total. The average Bonchev–Trinajstić information content (AvgIpc) is 3.35. The summed E-state index contributed by atoms with van der Waals surface area (Å²) in [6, 6.07) is 12.5. The summed E-state index contributed by atoms with van der Waals surface area (Å²) in [7, 11) is 0. The molecule has 2 aromatic carbocycles. The van der Waals surface area contributed by atoms with Crippen molar-refractivity contribution < 1.29 is 18.0 Å². The molecule has 140 valence electrons. The van der Waals surface area contributed by atoms with E-state index in [1.54, 1.807) is 36.7 Å². The van der Waals surface area contributed by atoms with Crippen LogP contribution in [0.15, 0.2) is 59.4 Å². The monoisotopic (exact) mass is 380 g/mol. The van der Waals surface area contributed by atoms with Gasteiger partial charge in [-0.15, -0.1) is 0 Å². The zero-order valence-electron chi connectivity index (χ0n) is 14.5. The fourth-order valence-electron chi connectivity index (χ4n) is 3.26. The van der Waals surface area contributed by atoms with E-state index in [-0.39, 0.29) is 35.8 Å². The molecule has 8 heteroatoms. The minimum absolute atomic E-state index is 0.163. The van der Waals surface area contributed by atoms with Crippen molar-refractivity contribution in [3.8, 4) is 23.0 Å². The van der Waals surface area contributed by atoms with Crippen molar-refractivity contribution >= 4 is 0 Å². The summed E-state index contributed by atoms with van der Waals surface area (Å²) in [6.07, 6.45) is 1.48. The van der Waals surface area contributed by atoms with Crippen LogP contribution in [-0.4, -0.2) is 19.7 Å². The molecule has 0 radical (unpaired) electrons. The Morgan fingerprint density at radius 2 is 1.86 bits per heavy atom. The first-order valence-electron chi connectivity index (χ1n) is 8.69. The van der Waals surface area contributed by atoms with Crippen molar-refractivity contribution in [2.75, 3.05) is 0 Å². The largest absolute Gasteiger partial charge is 0.365 e. The molecule has 28 heavy (non-hydrogen) atoms. The van der Waals surface area contributed by atoms with Crippen LogP contribution in [-0.2, 0) is 17.9 Å². The van der Waals surface area contributed by atoms with Crippen LogP contribution in [0.2, 0.25) is 0 Å². The summed E-state index contributed by atoms with van der Waals surface area (Å²) < 4.78 is 40.3. The van der Waals surface area contributed by atoms with Crippen LogP contribution in [0, 0.1) is 11.6 Å². The molecule has 4 aromatic rings. The molecule has 3 heterocycles. The lowest BCUT2D eigenvalue weighted by Crippen LogP contribution is -2.20. The number of imidazole rings is 1. The molecule has 0 fully saturated rings. The lowest BCUT2D eigenvalue weighted by molar-refractivity contribution is 0.00326. The van der Waals surface area contributed by atoms with Crippen molar-refractivity contribution in [2.45, 2.75) is 19.3 Å². The number of rotatable bonds is 3. The molecule has 5 rings (SSSR count). The van der Waals surface area contributed by atoms with Gasteiger partial charge in [0.1, 0.15) is 17.7 Å². The Kier molecular flexibility index (Phi) is 3.98. The summed E-state index contributed by atoms with van der Waals surface area (Å²) in [5.74, 6) is -0.342. The maximum Gasteiger partial charge on any atom is 0.278 e. The predicted octanol–water partition coefficient (Wildman–Crippen LogP) is 4.15. The summed E-state index contributed by atoms with van der Waals surface area (Å²) >= 11 is 0. The van der Waals surface area contributed by atoms with E-state index in [1.807, 2.05) is 4.57 Å². The number of halogens is 2. The third-order valence-electron chi connectivity index (χ3n) is 4.72. The summed E-state index contributed by atoms with van der Waals surface area (Å²) in [6.45, 7) is 0.817. The molecular formula is C20H14F2N4O2. The van der Waals surface area contributed by atoms with E-state index in [9.17, 15) is 8.78 Å². The first kappa shape index (κ1) is 16.8. The van der Waals surface area contributed by atoms with E-state index in [1.165, 1.54) is 18.2 Å². The van der Waals surface area contributed by atoms with Crippen molar-refractivity contribution in [1.29, 1.82) is 0 Å². The van der Waals surface area contributed by atoms with Gasteiger partial charge in [0.15, 0.2) is 5.69 Å². The molecule has 2 aromatic heterocycles. The predicted molar refractivity (Wildman–Crippen MR) is 94.8 cm³/mol. The number of fused-ring (bicyclic) bond motifs is 1. The lowest BCUT2D eigenvalue weighted by Gasteiger charge is -2.25. The molecule has 0 spiro atoms. The Labute approximate surface area is 158 Å². The zero-order valence-corrected chi connectivity index (χ0v) is 14.5. The Bertz CT molecular complexity index is 1140. The van der Waals surface area contributed by atoms with Crippen LogP contribution in [0.25, 0.3) is 23.0 Å². The summed E-state index contributed by atoms with van der Waals surface area (Å²) in [4.78, 5) is 8.66. The number of ether oxygens (including phenoxy) is 1. The molecule has 0 saturated heterocycles. The van der Waals surface area contributed by atoms with Crippen LogP contribution in [0.1, 0.15) is 17.4 Å². The molecule has 0 aliphatic carbocycles. The van der Waals surface area contributed by atoms with E-state index in [0.717, 1.165) is 11.3 Å². The van der Waals surface area contributed by atoms with Gasteiger partial charge in [0.2, 0.25) is 5.82 Å². The standard InChI is InChI=1S/C20H14F2N4O2/c21-13-7-5-12(6-8-13)17-9-26-11-23-18(16(26)10-27-17)20-24-19(25-28-20)14-3-1-2-4-15(14)22/h1-8,11,17H,9-10H2/t17-/m0/s1. The van der Waals surface area contributed by atoms with Crippen molar-refractivity contribution in [3.05, 3.63) is 77.8 Å². The van der Waals surface area contributed by atoms with Crippen molar-refractivity contribution in [1.82, 2.24) is 19.7 Å². The van der Waals surface area contributed by atoms with Gasteiger partial charge in [-0.1, -0.05) is 29.4 Å². The Hall–Kier alpha value is -3.39. The summed E-state index contributed by atoms with van der Waals surface area (Å²) in [5, 5.41) is 3.87. The number of aromatic nitrogens is 4. The van der Waals surface area contributed by atoms with E-state index < -0.39 is 5.82 Å². The van der Waals surface area contributed by atoms with Gasteiger partial charge in [0.25, 0.3) is 5.89 Å². The molecule has 1 aliphatic rings. The van der Waals surface area contributed by atoms with Gasteiger partial charge in [-0.2, -0.15) is 4.98 Å². The van der Waals surface area contributed by atoms with E-state index in [2.05, 4.69) is 15.1 Å². The van der Waals surface area contributed by atoms with Crippen molar-refractivity contribution in [3.63, 3.8) is 0 Å². The van der Waals surface area contributed by atoms with Gasteiger partial charge in [-0.05, 0) is 29.8 Å². The fraction of sp³-hybridized carbons (Fsp3) is 0.150. The molecular weight excluding hydrogens is 366 g/mol. The van der Waals surface area contributed by atoms with Crippen LogP contribution >= 0.6 is 0 Å². The Morgan fingerprint density at radius 3 is 2.68 bits per heavy atom. The van der Waals surface area contributed by atoms with Crippen LogP contribution in [0.5, 0.6) is 0 Å². The molecule has 0 unspecified atom stereocenters. The van der Waals surface area contributed by atoms with E-state index in [0.29, 0.717) is 12.2 Å². The highest BCUT2D eigenvalue weighted by atomic mass is 19.1. The molecule has 0 amide bonds. The normalized spacial score (nSPS) is 16.1. The number of benzene rings is 2. The minimum Gasteiger partial charge on any atom is -0.365 e. The lowest BCUT2D eigenvalue weighted by atomic mass is 10.1. The SMILES string of the molecule is Fc1ccc([C@@H]2Cn3cnc(-c4nc(-c5ccccc5F)no4)c3CO2)cc1. The first-order chi connectivity index (χ1) is 13.7. The quantitative estimate of drug-likeness (QED) is 0.534. The Morgan fingerprint density at radius 1 is 1.04 bits per heavy atom. The Balaban J connectivity index is 1.43. The minimum atomic E-state index is -0.424. The maximum atomic E-state index is 13.9. The number of hydrogen-bond donors (Lipinski definition) is 0. The molecule has 0 saturated carbocycles. The third kappa shape index (κ3) is 2.87. The second-order valence-corrected chi connectivity index (χ2v) is 6.45. The number of hydrogen-bond acceptors (Lipinski definition) is 5. The first-order valence-corrected chi connectivity index (χ1v) is 8.69. The second-order valence-electron chi connectivity index (χ2n) is 6.45. The van der Waals surface area contributed by atoms with Gasteiger partial charge in [-0.3, -0.25) is 0 Å². The third-order valence-corrected chi connectivity index (χ3v) is 4.72. The van der Waals surface area contributed by atoms with Crippen LogP contribution in [0.4, 0.5) is 8.78 Å². The average molecular weight is 380 g/mol. The van der Waals surface area contributed by atoms with E-state index >= 15 is 0 Å². The zero-order chi connectivity index (χ0) is 19.1. The maximum absolute atomic E-state index is 13.9. The summed E-state index contributed by atoms with van der Waals surface area (Å²) in [5.41, 5.74) is 2.45. The van der Waals surface area contributed by atoms with Gasteiger partial charge < -0.3 is 13.8 Å². The molecule has 0 bridgehead atoms. The number of nitrogens with zero attached hydrogens (tertiary/aromatic N) is 4. The van der Waals surface area contributed by atoms with E-state index in [4.69, 9.17) is 9.26 Å². The second kappa shape index (κ2) is 6.65. The van der Waals surface area contributed by atoms with Gasteiger partial charge in [0, 0.05) is 0 Å². The topological polar surface area (TPSA) is 66.0 Å². The van der Waals surface area contributed by atoms with Gasteiger partial charge in [0.05, 0.1) is 30.7 Å². The van der Waals surface area contributed by atoms with Crippen LogP contribution in [0.3, 0.4) is 0 Å². The molecule has 1 atom stereocenters. The fourth-order valence-corrected chi connectivity index (χ4v) is 3.26. The highest BCUT2D eigenvalue weighted by Crippen LogP contribution is 2.32. The molecule has 6 nitrogen and oxygen atoms in total. The highest BCUT2D eigenvalue weighted by Gasteiger charge is 2.27.